The monoisotopic (exact) mass is 312 g/mol. The molecule has 0 spiro atoms. The molecule has 5 heteroatoms. The van der Waals surface area contributed by atoms with Crippen LogP contribution in [0, 0.1) is 6.92 Å². The molecule has 0 aliphatic rings. The van der Waals surface area contributed by atoms with Gasteiger partial charge in [-0.05, 0) is 25.1 Å². The molecule has 3 aromatic rings. The summed E-state index contributed by atoms with van der Waals surface area (Å²) in [6.45, 7) is 1.91. The van der Waals surface area contributed by atoms with Gasteiger partial charge in [0.05, 0.1) is 4.90 Å². The summed E-state index contributed by atoms with van der Waals surface area (Å²) in [5.41, 5.74) is 2.84. The molecule has 22 heavy (non-hydrogen) atoms. The van der Waals surface area contributed by atoms with Gasteiger partial charge in [0.15, 0.2) is 0 Å². The van der Waals surface area contributed by atoms with Gasteiger partial charge in [0.25, 0.3) is 10.0 Å². The molecule has 4 nitrogen and oxygen atoms in total. The highest BCUT2D eigenvalue weighted by atomic mass is 32.2. The zero-order valence-electron chi connectivity index (χ0n) is 12.4. The first kappa shape index (κ1) is 14.5. The van der Waals surface area contributed by atoms with Crippen LogP contribution in [-0.2, 0) is 17.1 Å². The number of sulfonamides is 1. The molecular formula is C17H16N2O2S. The molecule has 112 valence electrons. The highest BCUT2D eigenvalue weighted by Gasteiger charge is 2.12. The topological polar surface area (TPSA) is 51.4 Å². The first-order valence-corrected chi connectivity index (χ1v) is 8.32. The highest BCUT2D eigenvalue weighted by molar-refractivity contribution is 7.90. The number of hydrogen-bond acceptors (Lipinski definition) is 2. The Bertz CT molecular complexity index is 952. The normalized spacial score (nSPS) is 12.3. The Morgan fingerprint density at radius 2 is 1.73 bits per heavy atom. The Balaban J connectivity index is 2.00. The lowest BCUT2D eigenvalue weighted by Crippen LogP contribution is -1.97. The summed E-state index contributed by atoms with van der Waals surface area (Å²) in [6.07, 6.45) is 3.29. The van der Waals surface area contributed by atoms with E-state index in [1.165, 1.54) is 6.21 Å². The summed E-state index contributed by atoms with van der Waals surface area (Å²) < 4.78 is 30.3. The van der Waals surface area contributed by atoms with E-state index in [1.54, 1.807) is 24.3 Å². The van der Waals surface area contributed by atoms with E-state index >= 15 is 0 Å². The summed E-state index contributed by atoms with van der Waals surface area (Å²) >= 11 is 0. The van der Waals surface area contributed by atoms with Gasteiger partial charge in [0, 0.05) is 35.9 Å². The van der Waals surface area contributed by atoms with Crippen molar-refractivity contribution in [3.63, 3.8) is 0 Å². The van der Waals surface area contributed by atoms with E-state index in [9.17, 15) is 8.42 Å². The Kier molecular flexibility index (Phi) is 3.58. The van der Waals surface area contributed by atoms with Crippen LogP contribution in [-0.4, -0.2) is 19.2 Å². The molecule has 1 heterocycles. The molecule has 3 rings (SSSR count). The molecule has 0 aliphatic heterocycles. The standard InChI is InChI=1S/C17H16N2O2S/c1-13-7-9-15(10-8-13)22(20,21)18-11-14-12-19(2)17-6-4-3-5-16(14)17/h3-12H,1-2H3/b18-11-. The van der Waals surface area contributed by atoms with Gasteiger partial charge >= 0.3 is 0 Å². The number of benzene rings is 2. The molecule has 0 bridgehead atoms. The molecule has 0 saturated carbocycles. The van der Waals surface area contributed by atoms with Crippen LogP contribution in [0.4, 0.5) is 0 Å². The van der Waals surface area contributed by atoms with Crippen molar-refractivity contribution in [2.75, 3.05) is 0 Å². The number of aromatic nitrogens is 1. The Morgan fingerprint density at radius 1 is 1.05 bits per heavy atom. The van der Waals surface area contributed by atoms with Crippen molar-refractivity contribution in [3.05, 3.63) is 65.9 Å². The molecule has 2 aromatic carbocycles. The molecule has 0 saturated heterocycles. The molecule has 1 aromatic heterocycles. The van der Waals surface area contributed by atoms with Gasteiger partial charge in [0.2, 0.25) is 0 Å². The van der Waals surface area contributed by atoms with Gasteiger partial charge in [-0.3, -0.25) is 0 Å². The maximum absolute atomic E-state index is 12.3. The van der Waals surface area contributed by atoms with Crippen molar-refractivity contribution in [1.82, 2.24) is 4.57 Å². The summed E-state index contributed by atoms with van der Waals surface area (Å²) in [5.74, 6) is 0. The van der Waals surface area contributed by atoms with Crippen LogP contribution in [0.15, 0.2) is 64.0 Å². The van der Waals surface area contributed by atoms with Crippen molar-refractivity contribution in [1.29, 1.82) is 0 Å². The summed E-state index contributed by atoms with van der Waals surface area (Å²) in [4.78, 5) is 0.203. The van der Waals surface area contributed by atoms with Crippen LogP contribution in [0.5, 0.6) is 0 Å². The average molecular weight is 312 g/mol. The van der Waals surface area contributed by atoms with Gasteiger partial charge in [-0.2, -0.15) is 12.8 Å². The zero-order chi connectivity index (χ0) is 15.7. The quantitative estimate of drug-likeness (QED) is 0.697. The van der Waals surface area contributed by atoms with E-state index in [1.807, 2.05) is 49.0 Å². The Hall–Kier alpha value is -2.40. The summed E-state index contributed by atoms with van der Waals surface area (Å²) in [5, 5.41) is 0.979. The average Bonchev–Trinajstić information content (AvgIpc) is 2.83. The first-order chi connectivity index (χ1) is 10.5. The summed E-state index contributed by atoms with van der Waals surface area (Å²) in [7, 11) is -1.75. The third-order valence-electron chi connectivity index (χ3n) is 3.58. The van der Waals surface area contributed by atoms with Crippen LogP contribution < -0.4 is 0 Å². The van der Waals surface area contributed by atoms with E-state index in [0.717, 1.165) is 22.0 Å². The third kappa shape index (κ3) is 2.67. The van der Waals surface area contributed by atoms with Crippen molar-refractivity contribution in [2.24, 2.45) is 11.4 Å². The molecule has 0 aliphatic carbocycles. The van der Waals surface area contributed by atoms with Crippen LogP contribution in [0.1, 0.15) is 11.1 Å². The number of aryl methyl sites for hydroxylation is 2. The van der Waals surface area contributed by atoms with E-state index in [0.29, 0.717) is 0 Å². The fraction of sp³-hybridized carbons (Fsp3) is 0.118. The van der Waals surface area contributed by atoms with Crippen LogP contribution in [0.3, 0.4) is 0 Å². The van der Waals surface area contributed by atoms with Gasteiger partial charge in [0.1, 0.15) is 0 Å². The van der Waals surface area contributed by atoms with Crippen LogP contribution in [0.2, 0.25) is 0 Å². The summed E-state index contributed by atoms with van der Waals surface area (Å²) in [6, 6.07) is 14.5. The lowest BCUT2D eigenvalue weighted by Gasteiger charge is -1.99. The highest BCUT2D eigenvalue weighted by Crippen LogP contribution is 2.19. The molecule has 0 N–H and O–H groups in total. The van der Waals surface area contributed by atoms with Crippen LogP contribution in [0.25, 0.3) is 10.9 Å². The van der Waals surface area contributed by atoms with Crippen molar-refractivity contribution >= 4 is 27.1 Å². The van der Waals surface area contributed by atoms with Gasteiger partial charge in [-0.1, -0.05) is 35.9 Å². The van der Waals surface area contributed by atoms with Gasteiger partial charge < -0.3 is 4.57 Å². The first-order valence-electron chi connectivity index (χ1n) is 6.88. The minimum atomic E-state index is -3.67. The number of para-hydroxylation sites is 1. The maximum Gasteiger partial charge on any atom is 0.282 e. The van der Waals surface area contributed by atoms with Crippen LogP contribution >= 0.6 is 0 Å². The lowest BCUT2D eigenvalue weighted by molar-refractivity contribution is 0.598. The lowest BCUT2D eigenvalue weighted by atomic mass is 10.2. The fourth-order valence-corrected chi connectivity index (χ4v) is 3.23. The zero-order valence-corrected chi connectivity index (χ0v) is 13.2. The van der Waals surface area contributed by atoms with E-state index < -0.39 is 10.0 Å². The minimum Gasteiger partial charge on any atom is -0.350 e. The van der Waals surface area contributed by atoms with Gasteiger partial charge in [-0.15, -0.1) is 0 Å². The van der Waals surface area contributed by atoms with Crippen molar-refractivity contribution in [3.8, 4) is 0 Å². The third-order valence-corrected chi connectivity index (χ3v) is 4.83. The van der Waals surface area contributed by atoms with E-state index in [2.05, 4.69) is 4.40 Å². The fourth-order valence-electron chi connectivity index (χ4n) is 2.37. The van der Waals surface area contributed by atoms with E-state index in [4.69, 9.17) is 0 Å². The van der Waals surface area contributed by atoms with Crippen molar-refractivity contribution < 1.29 is 8.42 Å². The Morgan fingerprint density at radius 3 is 2.45 bits per heavy atom. The molecule has 0 unspecified atom stereocenters. The largest absolute Gasteiger partial charge is 0.350 e. The minimum absolute atomic E-state index is 0.203. The number of fused-ring (bicyclic) bond motifs is 1. The second kappa shape index (κ2) is 5.42. The Labute approximate surface area is 129 Å². The SMILES string of the molecule is Cc1ccc(S(=O)(=O)/N=C\c2cn(C)c3ccccc23)cc1. The number of rotatable bonds is 3. The smallest absolute Gasteiger partial charge is 0.282 e. The van der Waals surface area contributed by atoms with Crippen molar-refractivity contribution in [2.45, 2.75) is 11.8 Å². The van der Waals surface area contributed by atoms with E-state index in [-0.39, 0.29) is 4.90 Å². The second-order valence-electron chi connectivity index (χ2n) is 5.24. The predicted molar refractivity (Wildman–Crippen MR) is 88.9 cm³/mol. The molecule has 0 atom stereocenters. The predicted octanol–water partition coefficient (Wildman–Crippen LogP) is 3.29. The molecular weight excluding hydrogens is 296 g/mol. The van der Waals surface area contributed by atoms with Gasteiger partial charge in [-0.25, -0.2) is 0 Å². The second-order valence-corrected chi connectivity index (χ2v) is 6.87. The number of hydrogen-bond donors (Lipinski definition) is 0. The molecule has 0 fully saturated rings. The number of nitrogens with zero attached hydrogens (tertiary/aromatic N) is 2. The molecule has 0 radical (unpaired) electrons. The molecule has 0 amide bonds. The maximum atomic E-state index is 12.3.